The van der Waals surface area contributed by atoms with Crippen molar-refractivity contribution in [3.63, 3.8) is 0 Å². The molecule has 94 valence electrons. The minimum Gasteiger partial charge on any atom is -0.348 e. The normalized spacial score (nSPS) is 10.3. The Morgan fingerprint density at radius 1 is 1.50 bits per heavy atom. The van der Waals surface area contributed by atoms with Crippen molar-refractivity contribution < 1.29 is 4.79 Å². The maximum Gasteiger partial charge on any atom is 0.252 e. The van der Waals surface area contributed by atoms with Crippen LogP contribution in [0.5, 0.6) is 0 Å². The van der Waals surface area contributed by atoms with Crippen LogP contribution in [-0.4, -0.2) is 10.9 Å². The lowest BCUT2D eigenvalue weighted by Crippen LogP contribution is -2.23. The van der Waals surface area contributed by atoms with Gasteiger partial charge in [-0.05, 0) is 30.5 Å². The number of nitrogens with zero attached hydrogens (tertiary/aromatic N) is 1. The minimum atomic E-state index is 0.0000491. The number of hydrogen-bond acceptors (Lipinski definition) is 3. The third-order valence-electron chi connectivity index (χ3n) is 2.88. The summed E-state index contributed by atoms with van der Waals surface area (Å²) in [6.45, 7) is 4.65. The fourth-order valence-electron chi connectivity index (χ4n) is 1.89. The summed E-state index contributed by atoms with van der Waals surface area (Å²) in [6, 6.07) is 3.82. The fraction of sp³-hybridized carbons (Fsp3) is 0.286. The molecule has 0 aliphatic heterocycles. The Balaban J connectivity index is 2.04. The molecule has 0 atom stereocenters. The molecule has 1 amide bonds. The number of carbonyl (C=O) groups excluding carboxylic acids is 1. The zero-order chi connectivity index (χ0) is 13.0. The highest BCUT2D eigenvalue weighted by molar-refractivity contribution is 7.10. The number of hydrogen-bond donors (Lipinski definition) is 1. The molecule has 2 heterocycles. The number of aromatic nitrogens is 1. The zero-order valence-electron chi connectivity index (χ0n) is 10.6. The van der Waals surface area contributed by atoms with E-state index >= 15 is 0 Å². The minimum absolute atomic E-state index is 0.0000491. The first kappa shape index (κ1) is 12.8. The van der Waals surface area contributed by atoms with Gasteiger partial charge in [-0.25, -0.2) is 0 Å². The second-order valence-electron chi connectivity index (χ2n) is 4.08. The van der Waals surface area contributed by atoms with Gasteiger partial charge in [0.1, 0.15) is 0 Å². The zero-order valence-corrected chi connectivity index (χ0v) is 11.4. The molecule has 2 rings (SSSR count). The van der Waals surface area contributed by atoms with Crippen LogP contribution >= 0.6 is 11.3 Å². The molecule has 0 spiro atoms. The number of aryl methyl sites for hydroxylation is 1. The highest BCUT2D eigenvalue weighted by Crippen LogP contribution is 2.22. The van der Waals surface area contributed by atoms with Crippen LogP contribution < -0.4 is 5.32 Å². The predicted octanol–water partition coefficient (Wildman–Crippen LogP) is 2.94. The van der Waals surface area contributed by atoms with Crippen LogP contribution in [0.4, 0.5) is 0 Å². The van der Waals surface area contributed by atoms with Crippen LogP contribution in [0, 0.1) is 6.92 Å². The van der Waals surface area contributed by atoms with Gasteiger partial charge in [-0.15, -0.1) is 11.3 Å². The molecule has 4 heteroatoms. The van der Waals surface area contributed by atoms with Gasteiger partial charge in [-0.1, -0.05) is 13.0 Å². The molecule has 18 heavy (non-hydrogen) atoms. The average molecular weight is 260 g/mol. The van der Waals surface area contributed by atoms with Crippen LogP contribution in [0.15, 0.2) is 29.9 Å². The predicted molar refractivity (Wildman–Crippen MR) is 73.8 cm³/mol. The lowest BCUT2D eigenvalue weighted by atomic mass is 10.1. The Kier molecular flexibility index (Phi) is 4.10. The third kappa shape index (κ3) is 2.76. The molecule has 0 aliphatic carbocycles. The summed E-state index contributed by atoms with van der Waals surface area (Å²) in [5.74, 6) is 0.0000491. The summed E-state index contributed by atoms with van der Waals surface area (Å²) in [5.41, 5.74) is 2.98. The van der Waals surface area contributed by atoms with Crippen molar-refractivity contribution in [2.75, 3.05) is 0 Å². The smallest absolute Gasteiger partial charge is 0.252 e. The van der Waals surface area contributed by atoms with Crippen LogP contribution in [0.25, 0.3) is 0 Å². The van der Waals surface area contributed by atoms with Crippen molar-refractivity contribution in [2.45, 2.75) is 26.8 Å². The van der Waals surface area contributed by atoms with E-state index in [0.717, 1.165) is 23.1 Å². The monoisotopic (exact) mass is 260 g/mol. The van der Waals surface area contributed by atoms with E-state index in [4.69, 9.17) is 0 Å². The second kappa shape index (κ2) is 5.78. The lowest BCUT2D eigenvalue weighted by molar-refractivity contribution is 0.0950. The molecule has 0 saturated heterocycles. The van der Waals surface area contributed by atoms with Crippen molar-refractivity contribution in [1.82, 2.24) is 10.3 Å². The van der Waals surface area contributed by atoms with Crippen molar-refractivity contribution in [1.29, 1.82) is 0 Å². The van der Waals surface area contributed by atoms with Crippen LogP contribution in [0.2, 0.25) is 0 Å². The van der Waals surface area contributed by atoms with Gasteiger partial charge >= 0.3 is 0 Å². The lowest BCUT2D eigenvalue weighted by Gasteiger charge is -2.05. The van der Waals surface area contributed by atoms with Crippen molar-refractivity contribution in [3.05, 3.63) is 51.5 Å². The van der Waals surface area contributed by atoms with Crippen molar-refractivity contribution in [2.24, 2.45) is 0 Å². The van der Waals surface area contributed by atoms with Gasteiger partial charge in [0.05, 0.1) is 5.56 Å². The van der Waals surface area contributed by atoms with Gasteiger partial charge in [0, 0.05) is 29.2 Å². The molecule has 0 unspecified atom stereocenters. The van der Waals surface area contributed by atoms with E-state index in [0.29, 0.717) is 6.54 Å². The first-order chi connectivity index (χ1) is 8.72. The van der Waals surface area contributed by atoms with E-state index in [1.807, 2.05) is 17.5 Å². The third-order valence-corrected chi connectivity index (χ3v) is 3.83. The molecular weight excluding hydrogens is 244 g/mol. The van der Waals surface area contributed by atoms with E-state index in [1.54, 1.807) is 23.7 Å². The van der Waals surface area contributed by atoms with E-state index in [-0.39, 0.29) is 5.91 Å². The fourth-order valence-corrected chi connectivity index (χ4v) is 2.83. The van der Waals surface area contributed by atoms with Crippen LogP contribution in [0.3, 0.4) is 0 Å². The SMILES string of the molecule is CCc1c(C(=O)NCc2cccnc2)csc1C. The van der Waals surface area contributed by atoms with Gasteiger partial charge in [-0.3, -0.25) is 9.78 Å². The molecule has 1 N–H and O–H groups in total. The average Bonchev–Trinajstić information content (AvgIpc) is 2.78. The number of nitrogens with one attached hydrogen (secondary N) is 1. The van der Waals surface area contributed by atoms with Crippen molar-refractivity contribution in [3.8, 4) is 0 Å². The Bertz CT molecular complexity index is 534. The Morgan fingerprint density at radius 3 is 3.00 bits per heavy atom. The van der Waals surface area contributed by atoms with E-state index in [9.17, 15) is 4.79 Å². The van der Waals surface area contributed by atoms with Crippen molar-refractivity contribution >= 4 is 17.2 Å². The van der Waals surface area contributed by atoms with Gasteiger partial charge < -0.3 is 5.32 Å². The summed E-state index contributed by atoms with van der Waals surface area (Å²) >= 11 is 1.63. The quantitative estimate of drug-likeness (QED) is 0.918. The highest BCUT2D eigenvalue weighted by Gasteiger charge is 2.13. The molecular formula is C14H16N2OS. The molecule has 2 aromatic heterocycles. The molecule has 0 aliphatic rings. The van der Waals surface area contributed by atoms with E-state index in [1.165, 1.54) is 4.88 Å². The summed E-state index contributed by atoms with van der Waals surface area (Å²) in [6.07, 6.45) is 4.38. The highest BCUT2D eigenvalue weighted by atomic mass is 32.1. The van der Waals surface area contributed by atoms with Gasteiger partial charge in [-0.2, -0.15) is 0 Å². The Hall–Kier alpha value is -1.68. The Labute approximate surface area is 111 Å². The number of rotatable bonds is 4. The van der Waals surface area contributed by atoms with Crippen LogP contribution in [-0.2, 0) is 13.0 Å². The second-order valence-corrected chi connectivity index (χ2v) is 5.17. The number of carbonyl (C=O) groups is 1. The van der Waals surface area contributed by atoms with Gasteiger partial charge in [0.15, 0.2) is 0 Å². The molecule has 0 fully saturated rings. The first-order valence-electron chi connectivity index (χ1n) is 5.96. The number of amides is 1. The molecule has 3 nitrogen and oxygen atoms in total. The number of thiophene rings is 1. The summed E-state index contributed by atoms with van der Waals surface area (Å²) in [7, 11) is 0. The Morgan fingerprint density at radius 2 is 2.33 bits per heavy atom. The van der Waals surface area contributed by atoms with Gasteiger partial charge in [0.25, 0.3) is 5.91 Å². The first-order valence-corrected chi connectivity index (χ1v) is 6.84. The summed E-state index contributed by atoms with van der Waals surface area (Å²) < 4.78 is 0. The van der Waals surface area contributed by atoms with Crippen LogP contribution in [0.1, 0.15) is 33.3 Å². The van der Waals surface area contributed by atoms with E-state index < -0.39 is 0 Å². The molecule has 0 saturated carbocycles. The molecule has 0 radical (unpaired) electrons. The summed E-state index contributed by atoms with van der Waals surface area (Å²) in [4.78, 5) is 17.3. The maximum absolute atomic E-state index is 12.1. The van der Waals surface area contributed by atoms with E-state index in [2.05, 4.69) is 24.1 Å². The maximum atomic E-state index is 12.1. The number of pyridine rings is 1. The van der Waals surface area contributed by atoms with Gasteiger partial charge in [0.2, 0.25) is 0 Å². The molecule has 0 bridgehead atoms. The topological polar surface area (TPSA) is 42.0 Å². The largest absolute Gasteiger partial charge is 0.348 e. The molecule has 2 aromatic rings. The standard InChI is InChI=1S/C14H16N2OS/c1-3-12-10(2)18-9-13(12)14(17)16-8-11-5-4-6-15-7-11/h4-7,9H,3,8H2,1-2H3,(H,16,17). The summed E-state index contributed by atoms with van der Waals surface area (Å²) in [5, 5.41) is 4.87. The molecule has 0 aromatic carbocycles.